The molecule has 0 saturated carbocycles. The van der Waals surface area contributed by atoms with Crippen molar-refractivity contribution in [1.82, 2.24) is 67.4 Å². The van der Waals surface area contributed by atoms with Crippen molar-refractivity contribution in [3.05, 3.63) is 102 Å². The smallest absolute Gasteiger partial charge is 0.326 e. The van der Waals surface area contributed by atoms with Gasteiger partial charge in [0.1, 0.15) is 54.1 Å². The molecule has 1 aliphatic rings. The number of carboxylic acids is 2. The fourth-order valence-corrected chi connectivity index (χ4v) is 9.70. The predicted molar refractivity (Wildman–Crippen MR) is 320 cm³/mol. The molecule has 31 heteroatoms. The maximum Gasteiger partial charge on any atom is 0.326 e. The number of likely N-dealkylation sites (tertiary alicyclic amines) is 1. The largest absolute Gasteiger partial charge is 0.508 e. The molecule has 19 N–H and O–H groups in total. The highest BCUT2D eigenvalue weighted by molar-refractivity contribution is 5.98. The number of hydrogen-bond acceptors (Lipinski definition) is 16. The molecule has 1 saturated heterocycles. The van der Waals surface area contributed by atoms with Crippen LogP contribution < -0.4 is 59.7 Å². The molecule has 3 heterocycles. The third kappa shape index (κ3) is 23.0. The maximum atomic E-state index is 14.7. The SMILES string of the molecule is CC(C)C[C@H](NC(=O)[C@H](Cc1cnc[nH]1)NC(=O)[C@H](Cc1ccccc1)NC(=O)[C@@H]1CCCN1C(=O)[C@H](Cc1cnc[nH]1)NC(=O)CNC(=O)[C@H](Cc1ccc(O)cc1)NC(=O)[C@@H](NC(=O)[C@H](CCCN=C(N)N)NC(=O)[C@@H](N)CC(=O)O)C(C)C)C(=O)O. The van der Waals surface area contributed by atoms with E-state index in [2.05, 4.69) is 67.5 Å². The first-order valence-electron chi connectivity index (χ1n) is 29.0. The summed E-state index contributed by atoms with van der Waals surface area (Å²) in [6.07, 6.45) is 4.94. The number of guanidine groups is 1. The first kappa shape index (κ1) is 69.8. The molecule has 2 aromatic heterocycles. The van der Waals surface area contributed by atoms with Gasteiger partial charge in [-0.05, 0) is 67.2 Å². The lowest BCUT2D eigenvalue weighted by molar-refractivity contribution is -0.143. The van der Waals surface area contributed by atoms with E-state index in [0.29, 0.717) is 28.9 Å². The fourth-order valence-electron chi connectivity index (χ4n) is 9.70. The number of rotatable bonds is 35. The highest BCUT2D eigenvalue weighted by Crippen LogP contribution is 2.21. The first-order valence-corrected chi connectivity index (χ1v) is 29.0. The number of carbonyl (C=O) groups excluding carboxylic acids is 9. The van der Waals surface area contributed by atoms with Gasteiger partial charge in [0.05, 0.1) is 31.7 Å². The molecule has 1 fully saturated rings. The molecular weight excluding hydrogens is 1160 g/mol. The molecule has 1 aliphatic heterocycles. The number of nitrogens with zero attached hydrogens (tertiary/aromatic N) is 4. The van der Waals surface area contributed by atoms with Crippen molar-refractivity contribution in [2.45, 2.75) is 146 Å². The molecule has 482 valence electrons. The normalized spacial score (nSPS) is 15.5. The number of aliphatic imine (C=N–C) groups is 1. The summed E-state index contributed by atoms with van der Waals surface area (Å²) in [4.78, 5) is 169. The van der Waals surface area contributed by atoms with Crippen LogP contribution in [-0.4, -0.2) is 185 Å². The summed E-state index contributed by atoms with van der Waals surface area (Å²) < 4.78 is 0. The number of phenolic OH excluding ortho intramolecular Hbond substituents is 1. The van der Waals surface area contributed by atoms with Crippen molar-refractivity contribution >= 4 is 71.1 Å². The average molecular weight is 1240 g/mol. The molecule has 0 aliphatic carbocycles. The number of phenols is 1. The van der Waals surface area contributed by atoms with Crippen molar-refractivity contribution in [3.8, 4) is 5.75 Å². The number of carbonyl (C=O) groups is 11. The summed E-state index contributed by atoms with van der Waals surface area (Å²) in [6.45, 7) is 6.13. The minimum absolute atomic E-state index is 0.0448. The standard InChI is InChI=1S/C58H81N17O14/c1-31(2)20-44(57(88)89)73-53(84)42(23-35-26-62-29-66-35)70-52(83)41(21-33-10-6-5-7-11-33)71-54(85)45-13-9-19-75(45)56(87)43(24-36-27-63-30-67-36)68-46(77)28-65-50(81)40(22-34-14-16-37(76)17-15-34)72-55(86)48(32(3)4)74-51(82)39(12-8-18-64-58(60)61)69-49(80)38(59)25-47(78)79/h5-7,10-11,14-17,26-27,29-32,38-45,48,76H,8-9,12-13,18-25,28,59H2,1-4H3,(H,62,66)(H,63,67)(H,65,81)(H,68,77)(H,69,80)(H,70,83)(H,71,85)(H,72,86)(H,73,84)(H,74,82)(H,78,79)(H,88,89)(H4,60,61,64)/t38-,39-,40-,41-,42-,43-,44-,45-,48-/m0/s1. The monoisotopic (exact) mass is 1240 g/mol. The molecule has 31 nitrogen and oxygen atoms in total. The van der Waals surface area contributed by atoms with Gasteiger partial charge in [0, 0.05) is 62.6 Å². The van der Waals surface area contributed by atoms with Crippen LogP contribution in [-0.2, 0) is 78.4 Å². The summed E-state index contributed by atoms with van der Waals surface area (Å²) in [7, 11) is 0. The van der Waals surface area contributed by atoms with Gasteiger partial charge in [-0.25, -0.2) is 14.8 Å². The van der Waals surface area contributed by atoms with Crippen molar-refractivity contribution in [3.63, 3.8) is 0 Å². The molecule has 89 heavy (non-hydrogen) atoms. The number of imidazole rings is 2. The Bertz CT molecular complexity index is 3070. The second-order valence-corrected chi connectivity index (χ2v) is 22.3. The lowest BCUT2D eigenvalue weighted by Gasteiger charge is -2.30. The van der Waals surface area contributed by atoms with Gasteiger partial charge in [0.2, 0.25) is 53.2 Å². The summed E-state index contributed by atoms with van der Waals surface area (Å²) in [5.41, 5.74) is 18.6. The minimum atomic E-state index is -1.53. The predicted octanol–water partition coefficient (Wildman–Crippen LogP) is -2.75. The lowest BCUT2D eigenvalue weighted by atomic mass is 10.00. The van der Waals surface area contributed by atoms with E-state index in [9.17, 15) is 68.1 Å². The number of aromatic hydroxyl groups is 1. The van der Waals surface area contributed by atoms with Crippen LogP contribution in [0.2, 0.25) is 0 Å². The van der Waals surface area contributed by atoms with Gasteiger partial charge < -0.3 is 89.9 Å². The third-order valence-corrected chi connectivity index (χ3v) is 14.3. The van der Waals surface area contributed by atoms with Crippen molar-refractivity contribution in [1.29, 1.82) is 0 Å². The number of amides is 9. The van der Waals surface area contributed by atoms with Crippen molar-refractivity contribution in [2.75, 3.05) is 19.6 Å². The molecule has 9 atom stereocenters. The number of nitrogens with one attached hydrogen (secondary N) is 10. The summed E-state index contributed by atoms with van der Waals surface area (Å²) in [5.74, 6) is -11.2. The average Bonchev–Trinajstić information content (AvgIpc) is 2.60. The van der Waals surface area contributed by atoms with Gasteiger partial charge in [0.15, 0.2) is 5.96 Å². The van der Waals surface area contributed by atoms with Crippen molar-refractivity contribution < 1.29 is 68.1 Å². The highest BCUT2D eigenvalue weighted by atomic mass is 16.4. The molecule has 4 aromatic rings. The molecule has 0 unspecified atom stereocenters. The number of hydrogen-bond donors (Lipinski definition) is 16. The lowest BCUT2D eigenvalue weighted by Crippen LogP contribution is -2.60. The Hall–Kier alpha value is -9.94. The van der Waals surface area contributed by atoms with Crippen LogP contribution in [0.4, 0.5) is 0 Å². The number of aromatic nitrogens is 4. The Kier molecular flexibility index (Phi) is 27.0. The zero-order valence-electron chi connectivity index (χ0n) is 49.9. The summed E-state index contributed by atoms with van der Waals surface area (Å²) in [6, 6.07) is 2.20. The minimum Gasteiger partial charge on any atom is -0.508 e. The number of carboxylic acid groups (broad SMARTS) is 2. The Morgan fingerprint density at radius 1 is 0.652 bits per heavy atom. The Balaban J connectivity index is 1.33. The molecule has 5 rings (SSSR count). The fraction of sp³-hybridized carbons (Fsp3) is 0.483. The van der Waals surface area contributed by atoms with Gasteiger partial charge >= 0.3 is 11.9 Å². The van der Waals surface area contributed by atoms with E-state index in [1.807, 2.05) is 0 Å². The van der Waals surface area contributed by atoms with Crippen LogP contribution in [0.15, 0.2) is 84.6 Å². The molecule has 0 spiro atoms. The number of nitrogens with two attached hydrogens (primary N) is 3. The van der Waals surface area contributed by atoms with Crippen LogP contribution in [0.25, 0.3) is 0 Å². The van der Waals surface area contributed by atoms with Crippen LogP contribution in [0.3, 0.4) is 0 Å². The van der Waals surface area contributed by atoms with E-state index in [0.717, 1.165) is 0 Å². The molecular formula is C58H81N17O14. The number of aliphatic carboxylic acids is 2. The van der Waals surface area contributed by atoms with Gasteiger partial charge in [-0.15, -0.1) is 0 Å². The van der Waals surface area contributed by atoms with Crippen molar-refractivity contribution in [2.24, 2.45) is 34.0 Å². The van der Waals surface area contributed by atoms with Crippen LogP contribution in [0, 0.1) is 11.8 Å². The molecule has 0 bridgehead atoms. The Labute approximate surface area is 512 Å². The second-order valence-electron chi connectivity index (χ2n) is 22.3. The second kappa shape index (κ2) is 34.4. The van der Waals surface area contributed by atoms with E-state index in [-0.39, 0.29) is 82.1 Å². The zero-order chi connectivity index (χ0) is 65.3. The van der Waals surface area contributed by atoms with Gasteiger partial charge in [-0.3, -0.25) is 52.9 Å². The van der Waals surface area contributed by atoms with Crippen LogP contribution in [0.1, 0.15) is 88.7 Å². The van der Waals surface area contributed by atoms with Crippen LogP contribution >= 0.6 is 0 Å². The van der Waals surface area contributed by atoms with E-state index in [1.165, 1.54) is 54.2 Å². The third-order valence-electron chi connectivity index (χ3n) is 14.3. The quantitative estimate of drug-likeness (QED) is 0.0126. The molecule has 0 radical (unpaired) electrons. The topological polar surface area (TPSA) is 496 Å². The summed E-state index contributed by atoms with van der Waals surface area (Å²) >= 11 is 0. The van der Waals surface area contributed by atoms with Gasteiger partial charge in [0.25, 0.3) is 0 Å². The molecule has 2 aromatic carbocycles. The molecule has 9 amide bonds. The number of H-pyrrole nitrogens is 2. The van der Waals surface area contributed by atoms with E-state index in [4.69, 9.17) is 17.2 Å². The highest BCUT2D eigenvalue weighted by Gasteiger charge is 2.40. The Morgan fingerprint density at radius 3 is 1.76 bits per heavy atom. The number of aromatic amines is 2. The summed E-state index contributed by atoms with van der Waals surface area (Å²) in [5, 5.41) is 49.9. The van der Waals surface area contributed by atoms with E-state index < -0.39 is 138 Å². The van der Waals surface area contributed by atoms with E-state index >= 15 is 0 Å². The number of benzene rings is 2. The van der Waals surface area contributed by atoms with Gasteiger partial charge in [-0.1, -0.05) is 70.2 Å². The Morgan fingerprint density at radius 2 is 1.20 bits per heavy atom. The van der Waals surface area contributed by atoms with Gasteiger partial charge in [-0.2, -0.15) is 0 Å². The first-order chi connectivity index (χ1) is 42.3. The van der Waals surface area contributed by atoms with E-state index in [1.54, 1.807) is 58.0 Å². The zero-order valence-corrected chi connectivity index (χ0v) is 49.9. The van der Waals surface area contributed by atoms with Crippen LogP contribution in [0.5, 0.6) is 5.75 Å². The maximum absolute atomic E-state index is 14.7.